The van der Waals surface area contributed by atoms with E-state index in [9.17, 15) is 13.2 Å². The van der Waals surface area contributed by atoms with Crippen LogP contribution in [0.5, 0.6) is 5.75 Å². The maximum absolute atomic E-state index is 11.7. The molecule has 1 amide bonds. The number of hydrogen-bond donors (Lipinski definition) is 2. The Morgan fingerprint density at radius 1 is 1.45 bits per heavy atom. The van der Waals surface area contributed by atoms with E-state index in [0.717, 1.165) is 0 Å². The van der Waals surface area contributed by atoms with Gasteiger partial charge in [-0.1, -0.05) is 0 Å². The summed E-state index contributed by atoms with van der Waals surface area (Å²) in [6.07, 6.45) is 1.17. The molecule has 1 aromatic carbocycles. The van der Waals surface area contributed by atoms with Crippen molar-refractivity contribution in [3.8, 4) is 5.75 Å². The highest BCUT2D eigenvalue weighted by Crippen LogP contribution is 2.24. The Morgan fingerprint density at radius 2 is 2.15 bits per heavy atom. The van der Waals surface area contributed by atoms with E-state index in [1.807, 2.05) is 0 Å². The summed E-state index contributed by atoms with van der Waals surface area (Å²) >= 11 is 1.26. The minimum Gasteiger partial charge on any atom is -0.497 e. The third-order valence-corrected chi connectivity index (χ3v) is 4.53. The zero-order valence-corrected chi connectivity index (χ0v) is 13.0. The number of anilines is 2. The predicted octanol–water partition coefficient (Wildman–Crippen LogP) is 0.994. The average molecular weight is 318 g/mol. The van der Waals surface area contributed by atoms with E-state index in [0.29, 0.717) is 22.9 Å². The monoisotopic (exact) mass is 318 g/mol. The number of carbonyl (C=O) groups excluding carboxylic acids is 1. The molecule has 8 heteroatoms. The van der Waals surface area contributed by atoms with Gasteiger partial charge >= 0.3 is 0 Å². The third kappa shape index (κ3) is 6.16. The van der Waals surface area contributed by atoms with Crippen LogP contribution < -0.4 is 15.8 Å². The number of benzene rings is 1. The minimum atomic E-state index is -2.98. The van der Waals surface area contributed by atoms with E-state index in [1.165, 1.54) is 25.1 Å². The van der Waals surface area contributed by atoms with Crippen molar-refractivity contribution < 1.29 is 17.9 Å². The highest BCUT2D eigenvalue weighted by molar-refractivity contribution is 8.01. The maximum Gasteiger partial charge on any atom is 0.234 e. The highest BCUT2D eigenvalue weighted by atomic mass is 32.2. The van der Waals surface area contributed by atoms with Crippen LogP contribution in [0.25, 0.3) is 0 Å². The summed E-state index contributed by atoms with van der Waals surface area (Å²) in [4.78, 5) is 11.7. The van der Waals surface area contributed by atoms with Crippen LogP contribution in [0, 0.1) is 0 Å². The fourth-order valence-electron chi connectivity index (χ4n) is 1.34. The topological polar surface area (TPSA) is 98.5 Å². The fourth-order valence-corrected chi connectivity index (χ4v) is 3.43. The number of ether oxygens (including phenoxy) is 1. The molecule has 0 spiro atoms. The van der Waals surface area contributed by atoms with Gasteiger partial charge in [-0.15, -0.1) is 0 Å². The molecule has 0 bridgehead atoms. The van der Waals surface area contributed by atoms with E-state index in [1.54, 1.807) is 18.2 Å². The Kier molecular flexibility index (Phi) is 6.15. The first kappa shape index (κ1) is 16.6. The number of nitrogens with one attached hydrogen (secondary N) is 1. The lowest BCUT2D eigenvalue weighted by atomic mass is 10.2. The van der Waals surface area contributed by atoms with E-state index in [2.05, 4.69) is 5.32 Å². The molecule has 0 saturated carbocycles. The van der Waals surface area contributed by atoms with Crippen LogP contribution >= 0.6 is 11.8 Å². The molecule has 0 unspecified atom stereocenters. The first-order valence-electron chi connectivity index (χ1n) is 5.80. The SMILES string of the molecule is COc1ccc(NC(=O)CSCCS(C)(=O)=O)c(N)c1. The maximum atomic E-state index is 11.7. The van der Waals surface area contributed by atoms with Gasteiger partial charge in [0.1, 0.15) is 15.6 Å². The van der Waals surface area contributed by atoms with E-state index >= 15 is 0 Å². The second-order valence-electron chi connectivity index (χ2n) is 4.18. The van der Waals surface area contributed by atoms with Crippen LogP contribution in [0.1, 0.15) is 0 Å². The van der Waals surface area contributed by atoms with E-state index < -0.39 is 9.84 Å². The number of nitrogen functional groups attached to an aromatic ring is 1. The molecule has 0 heterocycles. The second kappa shape index (κ2) is 7.39. The molecule has 0 saturated heterocycles. The largest absolute Gasteiger partial charge is 0.497 e. The molecule has 0 aliphatic rings. The van der Waals surface area contributed by atoms with Gasteiger partial charge in [0.25, 0.3) is 0 Å². The van der Waals surface area contributed by atoms with Crippen LogP contribution in [0.2, 0.25) is 0 Å². The molecule has 1 aromatic rings. The Bertz CT molecular complexity index is 573. The summed E-state index contributed by atoms with van der Waals surface area (Å²) in [5.74, 6) is 1.03. The predicted molar refractivity (Wildman–Crippen MR) is 83.1 cm³/mol. The van der Waals surface area contributed by atoms with Crippen LogP contribution in [0.3, 0.4) is 0 Å². The summed E-state index contributed by atoms with van der Waals surface area (Å²) in [5, 5.41) is 2.67. The second-order valence-corrected chi connectivity index (χ2v) is 7.55. The third-order valence-electron chi connectivity index (χ3n) is 2.36. The van der Waals surface area contributed by atoms with E-state index in [-0.39, 0.29) is 17.4 Å². The molecule has 112 valence electrons. The lowest BCUT2D eigenvalue weighted by molar-refractivity contribution is -0.113. The van der Waals surface area contributed by atoms with Gasteiger partial charge in [-0.25, -0.2) is 8.42 Å². The number of thioether (sulfide) groups is 1. The summed E-state index contributed by atoms with van der Waals surface area (Å²) in [6.45, 7) is 0. The van der Waals surface area contributed by atoms with Gasteiger partial charge in [-0.3, -0.25) is 4.79 Å². The number of hydrogen-bond acceptors (Lipinski definition) is 6. The van der Waals surface area contributed by atoms with Crippen molar-refractivity contribution in [2.45, 2.75) is 0 Å². The van der Waals surface area contributed by atoms with E-state index in [4.69, 9.17) is 10.5 Å². The normalized spacial score (nSPS) is 11.1. The van der Waals surface area contributed by atoms with Crippen LogP contribution in [-0.2, 0) is 14.6 Å². The van der Waals surface area contributed by atoms with Gasteiger partial charge in [0, 0.05) is 18.1 Å². The number of carbonyl (C=O) groups is 1. The van der Waals surface area contributed by atoms with Crippen LogP contribution in [0.4, 0.5) is 11.4 Å². The number of nitrogens with two attached hydrogens (primary N) is 1. The zero-order valence-electron chi connectivity index (χ0n) is 11.4. The lowest BCUT2D eigenvalue weighted by Crippen LogP contribution is -2.16. The Hall–Kier alpha value is -1.41. The van der Waals surface area contributed by atoms with Gasteiger partial charge in [-0.05, 0) is 12.1 Å². The molecule has 1 rings (SSSR count). The average Bonchev–Trinajstić information content (AvgIpc) is 2.36. The molecule has 0 atom stereocenters. The molecule has 3 N–H and O–H groups in total. The van der Waals surface area contributed by atoms with Gasteiger partial charge in [-0.2, -0.15) is 11.8 Å². The van der Waals surface area contributed by atoms with Crippen LogP contribution in [0.15, 0.2) is 18.2 Å². The molecule has 0 aromatic heterocycles. The molecule has 0 radical (unpaired) electrons. The van der Waals surface area contributed by atoms with Gasteiger partial charge in [0.2, 0.25) is 5.91 Å². The standard InChI is InChI=1S/C12H18N2O4S2/c1-18-9-3-4-11(10(13)7-9)14-12(15)8-19-5-6-20(2,16)17/h3-4,7H,5-6,8,13H2,1-2H3,(H,14,15). The Morgan fingerprint density at radius 3 is 2.70 bits per heavy atom. The quantitative estimate of drug-likeness (QED) is 0.575. The van der Waals surface area contributed by atoms with Crippen molar-refractivity contribution in [2.75, 3.05) is 41.7 Å². The summed E-state index contributed by atoms with van der Waals surface area (Å²) in [5.41, 5.74) is 6.71. The number of sulfone groups is 1. The van der Waals surface area contributed by atoms with Crippen molar-refractivity contribution in [3.63, 3.8) is 0 Å². The molecular formula is C12H18N2O4S2. The Labute approximate surface area is 123 Å². The highest BCUT2D eigenvalue weighted by Gasteiger charge is 2.08. The van der Waals surface area contributed by atoms with Gasteiger partial charge in [0.15, 0.2) is 0 Å². The van der Waals surface area contributed by atoms with Crippen molar-refractivity contribution in [1.29, 1.82) is 0 Å². The fraction of sp³-hybridized carbons (Fsp3) is 0.417. The van der Waals surface area contributed by atoms with Gasteiger partial charge < -0.3 is 15.8 Å². The minimum absolute atomic E-state index is 0.0651. The summed E-state index contributed by atoms with van der Waals surface area (Å²) < 4.78 is 26.9. The Balaban J connectivity index is 2.43. The summed E-state index contributed by atoms with van der Waals surface area (Å²) in [7, 11) is -1.45. The number of rotatable bonds is 7. The first-order chi connectivity index (χ1) is 9.31. The number of amides is 1. The number of methoxy groups -OCH3 is 1. The first-order valence-corrected chi connectivity index (χ1v) is 9.02. The molecule has 0 aliphatic heterocycles. The molecule has 6 nitrogen and oxygen atoms in total. The van der Waals surface area contributed by atoms with Crippen molar-refractivity contribution in [3.05, 3.63) is 18.2 Å². The molecule has 20 heavy (non-hydrogen) atoms. The van der Waals surface area contributed by atoms with Crippen molar-refractivity contribution in [1.82, 2.24) is 0 Å². The van der Waals surface area contributed by atoms with Gasteiger partial charge in [0.05, 0.1) is 30.0 Å². The zero-order chi connectivity index (χ0) is 15.2. The van der Waals surface area contributed by atoms with Crippen molar-refractivity contribution in [2.24, 2.45) is 0 Å². The van der Waals surface area contributed by atoms with Crippen molar-refractivity contribution >= 4 is 38.9 Å². The molecule has 0 fully saturated rings. The molecule has 0 aliphatic carbocycles. The lowest BCUT2D eigenvalue weighted by Gasteiger charge is -2.09. The van der Waals surface area contributed by atoms with Crippen LogP contribution in [-0.4, -0.2) is 44.9 Å². The smallest absolute Gasteiger partial charge is 0.234 e. The molecular weight excluding hydrogens is 300 g/mol. The summed E-state index contributed by atoms with van der Waals surface area (Å²) in [6, 6.07) is 4.97.